The van der Waals surface area contributed by atoms with Crippen molar-refractivity contribution in [2.75, 3.05) is 26.0 Å². The molecule has 0 radical (unpaired) electrons. The SMILES string of the molecule is COCCNC(=O)CSc1nnc(C)n1C1CCCCC1. The van der Waals surface area contributed by atoms with Crippen molar-refractivity contribution < 1.29 is 9.53 Å². The van der Waals surface area contributed by atoms with Gasteiger partial charge in [-0.3, -0.25) is 4.79 Å². The van der Waals surface area contributed by atoms with Gasteiger partial charge >= 0.3 is 0 Å². The summed E-state index contributed by atoms with van der Waals surface area (Å²) in [4.78, 5) is 11.7. The molecule has 0 atom stereocenters. The molecule has 118 valence electrons. The lowest BCUT2D eigenvalue weighted by atomic mass is 9.95. The monoisotopic (exact) mass is 312 g/mol. The first-order chi connectivity index (χ1) is 10.2. The summed E-state index contributed by atoms with van der Waals surface area (Å²) in [7, 11) is 1.62. The van der Waals surface area contributed by atoms with Crippen molar-refractivity contribution in [3.63, 3.8) is 0 Å². The highest BCUT2D eigenvalue weighted by molar-refractivity contribution is 7.99. The number of ether oxygens (including phenoxy) is 1. The van der Waals surface area contributed by atoms with E-state index in [4.69, 9.17) is 4.74 Å². The predicted octanol–water partition coefficient (Wildman–Crippen LogP) is 1.95. The number of nitrogens with zero attached hydrogens (tertiary/aromatic N) is 3. The normalized spacial score (nSPS) is 16.1. The number of amides is 1. The van der Waals surface area contributed by atoms with Crippen molar-refractivity contribution in [1.29, 1.82) is 0 Å². The molecule has 1 saturated carbocycles. The van der Waals surface area contributed by atoms with Crippen LogP contribution in [-0.2, 0) is 9.53 Å². The Morgan fingerprint density at radius 3 is 2.86 bits per heavy atom. The standard InChI is InChI=1S/C14H24N4O2S/c1-11-16-17-14(18(11)12-6-4-3-5-7-12)21-10-13(19)15-8-9-20-2/h12H,3-10H2,1-2H3,(H,15,19). The van der Waals surface area contributed by atoms with Gasteiger partial charge < -0.3 is 14.6 Å². The van der Waals surface area contributed by atoms with Crippen LogP contribution in [0.3, 0.4) is 0 Å². The van der Waals surface area contributed by atoms with E-state index in [-0.39, 0.29) is 5.91 Å². The fourth-order valence-corrected chi connectivity index (χ4v) is 3.56. The van der Waals surface area contributed by atoms with Gasteiger partial charge in [0, 0.05) is 19.7 Å². The van der Waals surface area contributed by atoms with E-state index in [2.05, 4.69) is 20.1 Å². The number of nitrogens with one attached hydrogen (secondary N) is 1. The summed E-state index contributed by atoms with van der Waals surface area (Å²) < 4.78 is 7.12. The Labute approximate surface area is 130 Å². The van der Waals surface area contributed by atoms with Crippen molar-refractivity contribution in [1.82, 2.24) is 20.1 Å². The van der Waals surface area contributed by atoms with Crippen LogP contribution in [0.25, 0.3) is 0 Å². The van der Waals surface area contributed by atoms with Crippen molar-refractivity contribution in [3.05, 3.63) is 5.82 Å². The Morgan fingerprint density at radius 1 is 1.38 bits per heavy atom. The maximum atomic E-state index is 11.7. The quantitative estimate of drug-likeness (QED) is 0.615. The first-order valence-corrected chi connectivity index (χ1v) is 8.51. The second kappa shape index (κ2) is 8.38. The Hall–Kier alpha value is -1.08. The number of carbonyl (C=O) groups is 1. The highest BCUT2D eigenvalue weighted by Crippen LogP contribution is 2.32. The Morgan fingerprint density at radius 2 is 2.14 bits per heavy atom. The molecule has 1 aromatic heterocycles. The Balaban J connectivity index is 1.89. The fourth-order valence-electron chi connectivity index (χ4n) is 2.68. The smallest absolute Gasteiger partial charge is 0.230 e. The van der Waals surface area contributed by atoms with E-state index < -0.39 is 0 Å². The van der Waals surface area contributed by atoms with Gasteiger partial charge in [0.2, 0.25) is 5.91 Å². The van der Waals surface area contributed by atoms with Crippen molar-refractivity contribution >= 4 is 17.7 Å². The molecule has 2 rings (SSSR count). The molecule has 1 N–H and O–H groups in total. The average molecular weight is 312 g/mol. The van der Waals surface area contributed by atoms with Crippen LogP contribution < -0.4 is 5.32 Å². The summed E-state index contributed by atoms with van der Waals surface area (Å²) in [5.74, 6) is 1.33. The molecule has 7 heteroatoms. The molecule has 0 saturated heterocycles. The lowest BCUT2D eigenvalue weighted by molar-refractivity contribution is -0.118. The van der Waals surface area contributed by atoms with Crippen LogP contribution in [0.1, 0.15) is 44.0 Å². The van der Waals surface area contributed by atoms with Crippen molar-refractivity contribution in [2.24, 2.45) is 0 Å². The van der Waals surface area contributed by atoms with Gasteiger partial charge in [0.05, 0.1) is 12.4 Å². The summed E-state index contributed by atoms with van der Waals surface area (Å²) in [6.45, 7) is 3.07. The molecule has 1 aliphatic rings. The summed E-state index contributed by atoms with van der Waals surface area (Å²) in [6, 6.07) is 0.493. The Kier molecular flexibility index (Phi) is 6.50. The number of hydrogen-bond acceptors (Lipinski definition) is 5. The minimum absolute atomic E-state index is 0.00731. The maximum Gasteiger partial charge on any atom is 0.230 e. The van der Waals surface area contributed by atoms with Crippen LogP contribution in [0.2, 0.25) is 0 Å². The van der Waals surface area contributed by atoms with E-state index in [0.717, 1.165) is 11.0 Å². The molecule has 0 aromatic carbocycles. The summed E-state index contributed by atoms with van der Waals surface area (Å²) in [6.07, 6.45) is 6.23. The number of aromatic nitrogens is 3. The highest BCUT2D eigenvalue weighted by atomic mass is 32.2. The topological polar surface area (TPSA) is 69.0 Å². The zero-order valence-corrected chi connectivity index (χ0v) is 13.6. The average Bonchev–Trinajstić information content (AvgIpc) is 2.87. The van der Waals surface area contributed by atoms with E-state index >= 15 is 0 Å². The molecular formula is C14H24N4O2S. The van der Waals surface area contributed by atoms with Crippen LogP contribution >= 0.6 is 11.8 Å². The van der Waals surface area contributed by atoms with Gasteiger partial charge in [0.1, 0.15) is 5.82 Å². The predicted molar refractivity (Wildman–Crippen MR) is 82.5 cm³/mol. The van der Waals surface area contributed by atoms with Crippen LogP contribution in [-0.4, -0.2) is 46.7 Å². The molecule has 1 amide bonds. The lowest BCUT2D eigenvalue weighted by Gasteiger charge is -2.24. The van der Waals surface area contributed by atoms with Gasteiger partial charge in [-0.25, -0.2) is 0 Å². The van der Waals surface area contributed by atoms with Crippen LogP contribution in [0.4, 0.5) is 0 Å². The number of hydrogen-bond donors (Lipinski definition) is 1. The van der Waals surface area contributed by atoms with E-state index in [1.807, 2.05) is 6.92 Å². The van der Waals surface area contributed by atoms with Gasteiger partial charge in [-0.1, -0.05) is 31.0 Å². The third kappa shape index (κ3) is 4.71. The molecule has 1 aromatic rings. The lowest BCUT2D eigenvalue weighted by Crippen LogP contribution is -2.28. The molecular weight excluding hydrogens is 288 g/mol. The molecule has 1 heterocycles. The molecule has 0 bridgehead atoms. The number of carbonyl (C=O) groups excluding carboxylic acids is 1. The van der Waals surface area contributed by atoms with Gasteiger partial charge in [-0.15, -0.1) is 10.2 Å². The first-order valence-electron chi connectivity index (χ1n) is 7.52. The summed E-state index contributed by atoms with van der Waals surface area (Å²) in [5, 5.41) is 12.1. The van der Waals surface area contributed by atoms with Gasteiger partial charge in [-0.2, -0.15) is 0 Å². The molecule has 21 heavy (non-hydrogen) atoms. The number of methoxy groups -OCH3 is 1. The van der Waals surface area contributed by atoms with Crippen LogP contribution in [0.5, 0.6) is 0 Å². The highest BCUT2D eigenvalue weighted by Gasteiger charge is 2.21. The largest absolute Gasteiger partial charge is 0.383 e. The fraction of sp³-hybridized carbons (Fsp3) is 0.786. The summed E-state index contributed by atoms with van der Waals surface area (Å²) >= 11 is 1.46. The van der Waals surface area contributed by atoms with Gasteiger partial charge in [0.25, 0.3) is 0 Å². The molecule has 1 aliphatic carbocycles. The minimum Gasteiger partial charge on any atom is -0.383 e. The van der Waals surface area contributed by atoms with E-state index in [1.165, 1.54) is 43.9 Å². The summed E-state index contributed by atoms with van der Waals surface area (Å²) in [5.41, 5.74) is 0. The molecule has 0 spiro atoms. The zero-order chi connectivity index (χ0) is 15.1. The van der Waals surface area contributed by atoms with Crippen LogP contribution in [0.15, 0.2) is 5.16 Å². The third-order valence-electron chi connectivity index (χ3n) is 3.74. The minimum atomic E-state index is 0.00731. The van der Waals surface area contributed by atoms with E-state index in [0.29, 0.717) is 24.9 Å². The second-order valence-corrected chi connectivity index (χ2v) is 6.27. The van der Waals surface area contributed by atoms with E-state index in [9.17, 15) is 4.79 Å². The first kappa shape index (κ1) is 16.3. The molecule has 0 aliphatic heterocycles. The third-order valence-corrected chi connectivity index (χ3v) is 4.68. The molecule has 6 nitrogen and oxygen atoms in total. The van der Waals surface area contributed by atoms with Crippen LogP contribution in [0, 0.1) is 6.92 Å². The van der Waals surface area contributed by atoms with Crippen molar-refractivity contribution in [2.45, 2.75) is 50.2 Å². The Bertz CT molecular complexity index is 458. The van der Waals surface area contributed by atoms with Gasteiger partial charge in [0.15, 0.2) is 5.16 Å². The molecule has 0 unspecified atom stereocenters. The maximum absolute atomic E-state index is 11.7. The zero-order valence-electron chi connectivity index (χ0n) is 12.8. The van der Waals surface area contributed by atoms with Gasteiger partial charge in [-0.05, 0) is 19.8 Å². The van der Waals surface area contributed by atoms with Crippen molar-refractivity contribution in [3.8, 4) is 0 Å². The second-order valence-electron chi connectivity index (χ2n) is 5.32. The number of thioether (sulfide) groups is 1. The molecule has 1 fully saturated rings. The number of rotatable bonds is 7. The number of aryl methyl sites for hydroxylation is 1. The van der Waals surface area contributed by atoms with E-state index in [1.54, 1.807) is 7.11 Å².